The van der Waals surface area contributed by atoms with Crippen LogP contribution in [0.1, 0.15) is 17.1 Å². The zero-order valence-corrected chi connectivity index (χ0v) is 12.0. The van der Waals surface area contributed by atoms with E-state index in [0.717, 1.165) is 11.3 Å². The van der Waals surface area contributed by atoms with Gasteiger partial charge in [0.2, 0.25) is 0 Å². The van der Waals surface area contributed by atoms with Crippen molar-refractivity contribution in [2.24, 2.45) is 0 Å². The molecule has 0 bridgehead atoms. The zero-order valence-electron chi connectivity index (χ0n) is 9.13. The van der Waals surface area contributed by atoms with E-state index in [1.54, 1.807) is 0 Å². The Bertz CT molecular complexity index is 610. The smallest absolute Gasteiger partial charge is 0.264 e. The molecule has 0 atom stereocenters. The molecule has 0 fully saturated rings. The maximum Gasteiger partial charge on any atom is 0.264 e. The highest BCUT2D eigenvalue weighted by Gasteiger charge is 2.07. The number of aromatic nitrogens is 2. The minimum atomic E-state index is -0.0971. The van der Waals surface area contributed by atoms with Gasteiger partial charge in [-0.1, -0.05) is 29.8 Å². The van der Waals surface area contributed by atoms with E-state index in [2.05, 4.69) is 9.97 Å². The SMILES string of the molecule is Cc1nc(Cc2ccccc2Cl)[nH]c(=O)c1I. The number of hydrogen-bond donors (Lipinski definition) is 1. The lowest BCUT2D eigenvalue weighted by atomic mass is 10.1. The Kier molecular flexibility index (Phi) is 3.83. The third kappa shape index (κ3) is 2.87. The molecule has 0 spiro atoms. The molecule has 0 aliphatic carbocycles. The van der Waals surface area contributed by atoms with Crippen LogP contribution in [0, 0.1) is 10.5 Å². The molecule has 0 saturated carbocycles. The van der Waals surface area contributed by atoms with E-state index in [4.69, 9.17) is 11.6 Å². The molecule has 0 radical (unpaired) electrons. The third-order valence-corrected chi connectivity index (χ3v) is 4.03. The Morgan fingerprint density at radius 2 is 2.12 bits per heavy atom. The summed E-state index contributed by atoms with van der Waals surface area (Å²) < 4.78 is 0.630. The van der Waals surface area contributed by atoms with Crippen molar-refractivity contribution in [2.75, 3.05) is 0 Å². The number of hydrogen-bond acceptors (Lipinski definition) is 2. The first-order chi connectivity index (χ1) is 8.08. The molecule has 2 rings (SSSR count). The summed E-state index contributed by atoms with van der Waals surface area (Å²) in [7, 11) is 0. The van der Waals surface area contributed by atoms with E-state index < -0.39 is 0 Å². The highest BCUT2D eigenvalue weighted by atomic mass is 127. The van der Waals surface area contributed by atoms with Gasteiger partial charge < -0.3 is 4.98 Å². The van der Waals surface area contributed by atoms with Gasteiger partial charge in [-0.05, 0) is 41.1 Å². The molecular weight excluding hydrogens is 351 g/mol. The van der Waals surface area contributed by atoms with Crippen LogP contribution < -0.4 is 5.56 Å². The van der Waals surface area contributed by atoms with Gasteiger partial charge in [0.25, 0.3) is 5.56 Å². The molecule has 3 nitrogen and oxygen atoms in total. The first-order valence-corrected chi connectivity index (χ1v) is 6.52. The molecule has 0 saturated heterocycles. The van der Waals surface area contributed by atoms with Gasteiger partial charge in [-0.25, -0.2) is 4.98 Å². The topological polar surface area (TPSA) is 45.8 Å². The van der Waals surface area contributed by atoms with Crippen molar-refractivity contribution in [3.8, 4) is 0 Å². The van der Waals surface area contributed by atoms with Crippen LogP contribution in [0.4, 0.5) is 0 Å². The maximum atomic E-state index is 11.6. The number of aryl methyl sites for hydroxylation is 1. The van der Waals surface area contributed by atoms with Gasteiger partial charge in [-0.2, -0.15) is 0 Å². The molecule has 1 aromatic carbocycles. The van der Waals surface area contributed by atoms with Crippen molar-refractivity contribution in [2.45, 2.75) is 13.3 Å². The lowest BCUT2D eigenvalue weighted by Crippen LogP contribution is -2.16. The predicted octanol–water partition coefficient (Wildman–Crippen LogP) is 2.93. The zero-order chi connectivity index (χ0) is 12.4. The van der Waals surface area contributed by atoms with Gasteiger partial charge in [0.05, 0.1) is 9.26 Å². The highest BCUT2D eigenvalue weighted by Crippen LogP contribution is 2.17. The molecule has 1 N–H and O–H groups in total. The quantitative estimate of drug-likeness (QED) is 0.837. The lowest BCUT2D eigenvalue weighted by Gasteiger charge is -2.05. The van der Waals surface area contributed by atoms with Gasteiger partial charge >= 0.3 is 0 Å². The fourth-order valence-electron chi connectivity index (χ4n) is 1.54. The molecule has 17 heavy (non-hydrogen) atoms. The molecule has 2 aromatic rings. The largest absolute Gasteiger partial charge is 0.309 e. The Labute approximate surface area is 117 Å². The van der Waals surface area contributed by atoms with Crippen LogP contribution in [-0.4, -0.2) is 9.97 Å². The van der Waals surface area contributed by atoms with Crippen molar-refractivity contribution in [1.82, 2.24) is 9.97 Å². The second-order valence-electron chi connectivity index (χ2n) is 3.68. The molecule has 1 heterocycles. The van der Waals surface area contributed by atoms with Crippen molar-refractivity contribution in [1.29, 1.82) is 0 Å². The highest BCUT2D eigenvalue weighted by molar-refractivity contribution is 14.1. The molecule has 5 heteroatoms. The van der Waals surface area contributed by atoms with E-state index >= 15 is 0 Å². The van der Waals surface area contributed by atoms with E-state index in [9.17, 15) is 4.79 Å². The fraction of sp³-hybridized carbons (Fsp3) is 0.167. The van der Waals surface area contributed by atoms with E-state index in [-0.39, 0.29) is 5.56 Å². The summed E-state index contributed by atoms with van der Waals surface area (Å²) in [4.78, 5) is 18.7. The van der Waals surface area contributed by atoms with Crippen LogP contribution in [0.3, 0.4) is 0 Å². The number of aromatic amines is 1. The van der Waals surface area contributed by atoms with E-state index in [0.29, 0.717) is 20.8 Å². The predicted molar refractivity (Wildman–Crippen MR) is 76.6 cm³/mol. The molecule has 88 valence electrons. The van der Waals surface area contributed by atoms with Crippen LogP contribution in [0.25, 0.3) is 0 Å². The minimum Gasteiger partial charge on any atom is -0.309 e. The average Bonchev–Trinajstić information content (AvgIpc) is 2.29. The van der Waals surface area contributed by atoms with Crippen molar-refractivity contribution < 1.29 is 0 Å². The molecule has 0 aliphatic rings. The summed E-state index contributed by atoms with van der Waals surface area (Å²) >= 11 is 8.05. The maximum absolute atomic E-state index is 11.6. The van der Waals surface area contributed by atoms with Crippen LogP contribution in [0.15, 0.2) is 29.1 Å². The third-order valence-electron chi connectivity index (χ3n) is 2.39. The molecule has 0 aliphatic heterocycles. The monoisotopic (exact) mass is 360 g/mol. The Morgan fingerprint density at radius 1 is 1.41 bits per heavy atom. The Hall–Kier alpha value is -0.880. The first-order valence-electron chi connectivity index (χ1n) is 5.06. The van der Waals surface area contributed by atoms with Gasteiger partial charge in [-0.15, -0.1) is 0 Å². The molecule has 0 amide bonds. The summed E-state index contributed by atoms with van der Waals surface area (Å²) in [5.74, 6) is 0.640. The number of nitrogens with one attached hydrogen (secondary N) is 1. The fourth-order valence-corrected chi connectivity index (χ4v) is 1.99. The summed E-state index contributed by atoms with van der Waals surface area (Å²) in [5.41, 5.74) is 1.61. The van der Waals surface area contributed by atoms with Crippen LogP contribution >= 0.6 is 34.2 Å². The van der Waals surface area contributed by atoms with Crippen LogP contribution in [0.5, 0.6) is 0 Å². The van der Waals surface area contributed by atoms with Crippen molar-refractivity contribution >= 4 is 34.2 Å². The molecule has 1 aromatic heterocycles. The lowest BCUT2D eigenvalue weighted by molar-refractivity contribution is 0.910. The summed E-state index contributed by atoms with van der Waals surface area (Å²) in [6.07, 6.45) is 0.534. The first kappa shape index (κ1) is 12.6. The summed E-state index contributed by atoms with van der Waals surface area (Å²) in [5, 5.41) is 0.686. The van der Waals surface area contributed by atoms with E-state index in [1.165, 1.54) is 0 Å². The van der Waals surface area contributed by atoms with Gasteiger partial charge in [0.15, 0.2) is 0 Å². The number of nitrogens with zero attached hydrogens (tertiary/aromatic N) is 1. The minimum absolute atomic E-state index is 0.0971. The van der Waals surface area contributed by atoms with Crippen LogP contribution in [0.2, 0.25) is 5.02 Å². The average molecular weight is 361 g/mol. The number of halogens is 2. The number of benzene rings is 1. The van der Waals surface area contributed by atoms with Gasteiger partial charge in [0.1, 0.15) is 5.82 Å². The number of rotatable bonds is 2. The van der Waals surface area contributed by atoms with Crippen molar-refractivity contribution in [3.05, 3.63) is 60.3 Å². The van der Waals surface area contributed by atoms with Crippen molar-refractivity contribution in [3.63, 3.8) is 0 Å². The van der Waals surface area contributed by atoms with Gasteiger partial charge in [0, 0.05) is 11.4 Å². The molecule has 0 unspecified atom stereocenters. The normalized spacial score (nSPS) is 10.5. The Balaban J connectivity index is 2.38. The summed E-state index contributed by atoms with van der Waals surface area (Å²) in [6, 6.07) is 7.55. The Morgan fingerprint density at radius 3 is 2.76 bits per heavy atom. The summed E-state index contributed by atoms with van der Waals surface area (Å²) in [6.45, 7) is 1.83. The second kappa shape index (κ2) is 5.18. The van der Waals surface area contributed by atoms with E-state index in [1.807, 2.05) is 53.8 Å². The molecular formula is C12H10ClIN2O. The van der Waals surface area contributed by atoms with Crippen LogP contribution in [-0.2, 0) is 6.42 Å². The standard InChI is InChI=1S/C12H10ClIN2O/c1-7-11(14)12(17)16-10(15-7)6-8-4-2-3-5-9(8)13/h2-5H,6H2,1H3,(H,15,16,17). The van der Waals surface area contributed by atoms with Gasteiger partial charge in [-0.3, -0.25) is 4.79 Å². The second-order valence-corrected chi connectivity index (χ2v) is 5.17. The number of H-pyrrole nitrogens is 1.